The van der Waals surface area contributed by atoms with E-state index in [4.69, 9.17) is 4.74 Å². The summed E-state index contributed by atoms with van der Waals surface area (Å²) in [5, 5.41) is 7.31. The van der Waals surface area contributed by atoms with Gasteiger partial charge in [-0.15, -0.1) is 0 Å². The molecule has 0 radical (unpaired) electrons. The molecule has 0 spiro atoms. The van der Waals surface area contributed by atoms with Gasteiger partial charge >= 0.3 is 6.03 Å². The van der Waals surface area contributed by atoms with Gasteiger partial charge in [-0.25, -0.2) is 14.8 Å². The molecule has 0 saturated carbocycles. The average Bonchev–Trinajstić information content (AvgIpc) is 3.49. The summed E-state index contributed by atoms with van der Waals surface area (Å²) in [6.45, 7) is 1.45. The summed E-state index contributed by atoms with van der Waals surface area (Å²) in [4.78, 5) is 25.9. The maximum atomic E-state index is 13.0. The Balaban J connectivity index is 1.42. The molecule has 2 heterocycles. The van der Waals surface area contributed by atoms with E-state index >= 15 is 0 Å². The molecule has 2 amide bonds. The number of carbonyl (C=O) groups is 1. The smallest absolute Gasteiger partial charge is 0.322 e. The SMILES string of the molecule is COc1cc2ncnc(Nc3ccc4c(c3)CCC4)c2cc1NC(=O)N1CCC(N(C)C)C1. The van der Waals surface area contributed by atoms with Gasteiger partial charge in [-0.2, -0.15) is 0 Å². The number of ether oxygens (including phenoxy) is 1. The number of nitrogens with one attached hydrogen (secondary N) is 2. The third-order valence-electron chi connectivity index (χ3n) is 6.74. The number of rotatable bonds is 5. The Morgan fingerprint density at radius 2 is 2.00 bits per heavy atom. The van der Waals surface area contributed by atoms with E-state index in [0.717, 1.165) is 42.4 Å². The standard InChI is InChI=1S/C25H30N6O2/c1-30(2)19-9-10-31(14-19)25(32)29-22-12-20-21(13-23(22)33-3)26-15-27-24(20)28-18-8-7-16-5-4-6-17(16)11-18/h7-8,11-13,15,19H,4-6,9-10,14H2,1-3H3,(H,29,32)(H,26,27,28). The van der Waals surface area contributed by atoms with Crippen molar-refractivity contribution < 1.29 is 9.53 Å². The van der Waals surface area contributed by atoms with Gasteiger partial charge in [0.25, 0.3) is 0 Å². The van der Waals surface area contributed by atoms with Crippen LogP contribution in [0.1, 0.15) is 24.0 Å². The molecule has 1 saturated heterocycles. The molecule has 2 N–H and O–H groups in total. The molecule has 5 rings (SSSR count). The number of fused-ring (bicyclic) bond motifs is 2. The van der Waals surface area contributed by atoms with E-state index in [9.17, 15) is 4.79 Å². The Hall–Kier alpha value is -3.39. The van der Waals surface area contributed by atoms with Crippen molar-refractivity contribution in [1.29, 1.82) is 0 Å². The van der Waals surface area contributed by atoms with Gasteiger partial charge in [0.15, 0.2) is 0 Å². The van der Waals surface area contributed by atoms with Crippen LogP contribution in [0.2, 0.25) is 0 Å². The van der Waals surface area contributed by atoms with E-state index in [1.54, 1.807) is 13.4 Å². The molecule has 172 valence electrons. The third kappa shape index (κ3) is 4.30. The van der Waals surface area contributed by atoms with Gasteiger partial charge in [-0.05, 0) is 69.1 Å². The summed E-state index contributed by atoms with van der Waals surface area (Å²) in [5.74, 6) is 1.27. The van der Waals surface area contributed by atoms with Crippen molar-refractivity contribution in [3.63, 3.8) is 0 Å². The number of methoxy groups -OCH3 is 1. The monoisotopic (exact) mass is 446 g/mol. The van der Waals surface area contributed by atoms with E-state index in [2.05, 4.69) is 43.7 Å². The number of hydrogen-bond donors (Lipinski definition) is 2. The highest BCUT2D eigenvalue weighted by Crippen LogP contribution is 2.34. The van der Waals surface area contributed by atoms with Gasteiger partial charge in [0.2, 0.25) is 0 Å². The molecule has 3 aromatic rings. The molecule has 1 atom stereocenters. The van der Waals surface area contributed by atoms with Gasteiger partial charge in [0, 0.05) is 36.3 Å². The minimum absolute atomic E-state index is 0.123. The molecule has 1 aliphatic heterocycles. The first-order chi connectivity index (χ1) is 16.0. The van der Waals surface area contributed by atoms with Crippen LogP contribution in [0.25, 0.3) is 10.9 Å². The molecule has 2 aromatic carbocycles. The van der Waals surface area contributed by atoms with Gasteiger partial charge < -0.3 is 25.2 Å². The summed E-state index contributed by atoms with van der Waals surface area (Å²) in [5.41, 5.74) is 5.19. The van der Waals surface area contributed by atoms with Gasteiger partial charge in [0.1, 0.15) is 17.9 Å². The van der Waals surface area contributed by atoms with E-state index in [1.807, 2.05) is 31.1 Å². The highest BCUT2D eigenvalue weighted by atomic mass is 16.5. The molecule has 33 heavy (non-hydrogen) atoms. The zero-order chi connectivity index (χ0) is 22.9. The molecule has 8 nitrogen and oxygen atoms in total. The van der Waals surface area contributed by atoms with E-state index in [0.29, 0.717) is 29.8 Å². The minimum Gasteiger partial charge on any atom is -0.494 e. The Morgan fingerprint density at radius 3 is 2.79 bits per heavy atom. The maximum Gasteiger partial charge on any atom is 0.322 e. The predicted molar refractivity (Wildman–Crippen MR) is 131 cm³/mol. The van der Waals surface area contributed by atoms with Crippen molar-refractivity contribution in [2.45, 2.75) is 31.7 Å². The second-order valence-corrected chi connectivity index (χ2v) is 9.04. The normalized spacial score (nSPS) is 17.5. The van der Waals surface area contributed by atoms with Crippen molar-refractivity contribution >= 4 is 34.1 Å². The quantitative estimate of drug-likeness (QED) is 0.616. The number of carbonyl (C=O) groups excluding carboxylic acids is 1. The number of benzene rings is 2. The Labute approximate surface area is 194 Å². The molecule has 0 bridgehead atoms. The average molecular weight is 447 g/mol. The van der Waals surface area contributed by atoms with Crippen LogP contribution in [-0.2, 0) is 12.8 Å². The van der Waals surface area contributed by atoms with Crippen LogP contribution in [-0.4, -0.2) is 66.1 Å². The Morgan fingerprint density at radius 1 is 1.15 bits per heavy atom. The molecule has 1 aromatic heterocycles. The number of likely N-dealkylation sites (N-methyl/N-ethyl adjacent to an activating group) is 1. The van der Waals surface area contributed by atoms with Crippen molar-refractivity contribution in [2.24, 2.45) is 0 Å². The van der Waals surface area contributed by atoms with E-state index in [1.165, 1.54) is 17.5 Å². The molecular weight excluding hydrogens is 416 g/mol. The van der Waals surface area contributed by atoms with Crippen LogP contribution < -0.4 is 15.4 Å². The Kier molecular flexibility index (Phi) is 5.76. The molecule has 1 aliphatic carbocycles. The first-order valence-corrected chi connectivity index (χ1v) is 11.5. The molecule has 2 aliphatic rings. The fourth-order valence-corrected chi connectivity index (χ4v) is 4.78. The lowest BCUT2D eigenvalue weighted by molar-refractivity contribution is 0.216. The van der Waals surface area contributed by atoms with Crippen LogP contribution in [0, 0.1) is 0 Å². The van der Waals surface area contributed by atoms with Gasteiger partial charge in [-0.3, -0.25) is 0 Å². The van der Waals surface area contributed by atoms with Crippen molar-refractivity contribution in [3.8, 4) is 5.75 Å². The number of likely N-dealkylation sites (tertiary alicyclic amines) is 1. The zero-order valence-corrected chi connectivity index (χ0v) is 19.4. The van der Waals surface area contributed by atoms with Crippen molar-refractivity contribution in [3.05, 3.63) is 47.8 Å². The summed E-state index contributed by atoms with van der Waals surface area (Å²) in [6, 6.07) is 10.5. The summed E-state index contributed by atoms with van der Waals surface area (Å²) >= 11 is 0. The van der Waals surface area contributed by atoms with Crippen LogP contribution in [0.15, 0.2) is 36.7 Å². The summed E-state index contributed by atoms with van der Waals surface area (Å²) in [7, 11) is 5.70. The van der Waals surface area contributed by atoms with Crippen LogP contribution in [0.3, 0.4) is 0 Å². The van der Waals surface area contributed by atoms with Crippen LogP contribution in [0.5, 0.6) is 5.75 Å². The van der Waals surface area contributed by atoms with E-state index in [-0.39, 0.29) is 6.03 Å². The number of anilines is 3. The zero-order valence-electron chi connectivity index (χ0n) is 19.4. The number of nitrogens with zero attached hydrogens (tertiary/aromatic N) is 4. The fourth-order valence-electron chi connectivity index (χ4n) is 4.78. The largest absolute Gasteiger partial charge is 0.494 e. The fraction of sp³-hybridized carbons (Fsp3) is 0.400. The maximum absolute atomic E-state index is 13.0. The lowest BCUT2D eigenvalue weighted by atomic mass is 10.1. The molecule has 1 unspecified atom stereocenters. The number of hydrogen-bond acceptors (Lipinski definition) is 6. The summed E-state index contributed by atoms with van der Waals surface area (Å²) in [6.07, 6.45) is 6.00. The Bertz CT molecular complexity index is 1190. The highest BCUT2D eigenvalue weighted by molar-refractivity contribution is 5.99. The number of aryl methyl sites for hydroxylation is 2. The molecular formula is C25H30N6O2. The number of urea groups is 1. The third-order valence-corrected chi connectivity index (χ3v) is 6.74. The van der Waals surface area contributed by atoms with Gasteiger partial charge in [0.05, 0.1) is 18.3 Å². The molecule has 1 fully saturated rings. The second-order valence-electron chi connectivity index (χ2n) is 9.04. The van der Waals surface area contributed by atoms with Gasteiger partial charge in [-0.1, -0.05) is 6.07 Å². The lowest BCUT2D eigenvalue weighted by Gasteiger charge is -2.21. The second kappa shape index (κ2) is 8.86. The highest BCUT2D eigenvalue weighted by Gasteiger charge is 2.28. The first-order valence-electron chi connectivity index (χ1n) is 11.5. The number of amides is 2. The topological polar surface area (TPSA) is 82.6 Å². The van der Waals surface area contributed by atoms with Crippen LogP contribution in [0.4, 0.5) is 22.0 Å². The first kappa shape index (κ1) is 21.5. The summed E-state index contributed by atoms with van der Waals surface area (Å²) < 4.78 is 5.56. The number of aromatic nitrogens is 2. The van der Waals surface area contributed by atoms with E-state index < -0.39 is 0 Å². The van der Waals surface area contributed by atoms with Crippen molar-refractivity contribution in [2.75, 3.05) is 44.9 Å². The lowest BCUT2D eigenvalue weighted by Crippen LogP contribution is -2.36. The predicted octanol–water partition coefficient (Wildman–Crippen LogP) is 4.04. The minimum atomic E-state index is -0.123. The van der Waals surface area contributed by atoms with Crippen LogP contribution >= 0.6 is 0 Å². The molecule has 8 heteroatoms. The van der Waals surface area contributed by atoms with Crippen molar-refractivity contribution in [1.82, 2.24) is 19.8 Å².